The third-order valence-corrected chi connectivity index (χ3v) is 7.35. The van der Waals surface area contributed by atoms with Crippen LogP contribution in [0.1, 0.15) is 36.8 Å². The fraction of sp³-hybridized carbons (Fsp3) is 0.480. The Kier molecular flexibility index (Phi) is 7.39. The SMILES string of the molecule is CNc1nc(N2CCC(CCC(N)=O)CC2)c2c(NC)c(NC)n(-c3c(C)cc(Br)cc3C)c2n1. The molecule has 35 heavy (non-hydrogen) atoms. The molecule has 188 valence electrons. The maximum absolute atomic E-state index is 11.2. The van der Waals surface area contributed by atoms with Crippen molar-refractivity contribution in [3.8, 4) is 5.69 Å². The van der Waals surface area contributed by atoms with E-state index in [2.05, 4.69) is 67.3 Å². The highest BCUT2D eigenvalue weighted by atomic mass is 79.9. The van der Waals surface area contributed by atoms with Crippen molar-refractivity contribution in [1.29, 1.82) is 0 Å². The normalized spacial score (nSPS) is 14.4. The number of hydrogen-bond acceptors (Lipinski definition) is 7. The Hall–Kier alpha value is -3.01. The molecule has 0 bridgehead atoms. The number of nitrogens with one attached hydrogen (secondary N) is 3. The minimum Gasteiger partial charge on any atom is -0.384 e. The van der Waals surface area contributed by atoms with Crippen molar-refractivity contribution >= 4 is 56.1 Å². The van der Waals surface area contributed by atoms with Gasteiger partial charge in [0.1, 0.15) is 11.6 Å². The van der Waals surface area contributed by atoms with Crippen molar-refractivity contribution in [1.82, 2.24) is 14.5 Å². The first-order chi connectivity index (χ1) is 16.8. The van der Waals surface area contributed by atoms with Gasteiger partial charge in [-0.3, -0.25) is 9.36 Å². The molecular weight excluding hydrogens is 508 g/mol. The van der Waals surface area contributed by atoms with E-state index in [-0.39, 0.29) is 5.91 Å². The van der Waals surface area contributed by atoms with Gasteiger partial charge in [0.15, 0.2) is 5.65 Å². The summed E-state index contributed by atoms with van der Waals surface area (Å²) in [6.45, 7) is 5.99. The topological polar surface area (TPSA) is 113 Å². The van der Waals surface area contributed by atoms with Crippen molar-refractivity contribution in [3.05, 3.63) is 27.7 Å². The number of rotatable bonds is 8. The number of carbonyl (C=O) groups excluding carboxylic acids is 1. The van der Waals surface area contributed by atoms with Gasteiger partial charge >= 0.3 is 0 Å². The lowest BCUT2D eigenvalue weighted by Gasteiger charge is -2.33. The molecule has 4 rings (SSSR count). The quantitative estimate of drug-likeness (QED) is 0.333. The number of amides is 1. The Bertz CT molecular complexity index is 1220. The third kappa shape index (κ3) is 4.76. The van der Waals surface area contributed by atoms with Crippen LogP contribution in [0.5, 0.6) is 0 Å². The standard InChI is InChI=1S/C25H35BrN8O/c1-14-12-17(26)13-15(2)21(14)34-23-19(20(28-3)24(34)29-4)22(31-25(30-5)32-23)33-10-8-16(9-11-33)6-7-18(27)35/h12-13,16,28-29H,6-11H2,1-5H3,(H2,27,35)(H,30,31,32). The van der Waals surface area contributed by atoms with Crippen LogP contribution < -0.4 is 26.6 Å². The molecule has 0 saturated carbocycles. The molecule has 1 saturated heterocycles. The third-order valence-electron chi connectivity index (χ3n) is 6.90. The minimum atomic E-state index is -0.221. The zero-order chi connectivity index (χ0) is 25.3. The predicted molar refractivity (Wildman–Crippen MR) is 148 cm³/mol. The molecule has 10 heteroatoms. The number of halogens is 1. The van der Waals surface area contributed by atoms with E-state index >= 15 is 0 Å². The molecule has 0 spiro atoms. The van der Waals surface area contributed by atoms with Crippen molar-refractivity contribution in [2.45, 2.75) is 39.5 Å². The maximum Gasteiger partial charge on any atom is 0.226 e. The van der Waals surface area contributed by atoms with Crippen LogP contribution in [-0.2, 0) is 4.79 Å². The second kappa shape index (κ2) is 10.3. The van der Waals surface area contributed by atoms with Crippen LogP contribution in [-0.4, -0.2) is 54.7 Å². The van der Waals surface area contributed by atoms with Crippen molar-refractivity contribution in [2.75, 3.05) is 55.1 Å². The summed E-state index contributed by atoms with van der Waals surface area (Å²) >= 11 is 3.63. The van der Waals surface area contributed by atoms with E-state index in [1.54, 1.807) is 0 Å². The van der Waals surface area contributed by atoms with Gasteiger partial charge in [0, 0.05) is 45.1 Å². The van der Waals surface area contributed by atoms with E-state index in [9.17, 15) is 4.79 Å². The molecule has 0 aliphatic carbocycles. The number of aromatic nitrogens is 3. The minimum absolute atomic E-state index is 0.221. The number of nitrogens with two attached hydrogens (primary N) is 1. The molecule has 9 nitrogen and oxygen atoms in total. The number of hydrogen-bond donors (Lipinski definition) is 4. The Morgan fingerprint density at radius 1 is 1.09 bits per heavy atom. The zero-order valence-electron chi connectivity index (χ0n) is 21.1. The monoisotopic (exact) mass is 542 g/mol. The average Bonchev–Trinajstić information content (AvgIpc) is 3.15. The summed E-state index contributed by atoms with van der Waals surface area (Å²) in [6.07, 6.45) is 3.32. The van der Waals surface area contributed by atoms with Crippen LogP contribution in [0.3, 0.4) is 0 Å². The number of carbonyl (C=O) groups is 1. The Morgan fingerprint density at radius 3 is 2.29 bits per heavy atom. The van der Waals surface area contributed by atoms with E-state index in [0.717, 1.165) is 82.0 Å². The highest BCUT2D eigenvalue weighted by Gasteiger charge is 2.29. The first kappa shape index (κ1) is 25.1. The summed E-state index contributed by atoms with van der Waals surface area (Å²) in [5.41, 5.74) is 10.6. The zero-order valence-corrected chi connectivity index (χ0v) is 22.7. The molecule has 0 radical (unpaired) electrons. The number of benzene rings is 1. The number of primary amides is 1. The summed E-state index contributed by atoms with van der Waals surface area (Å²) < 4.78 is 3.25. The van der Waals surface area contributed by atoms with Gasteiger partial charge in [-0.25, -0.2) is 0 Å². The van der Waals surface area contributed by atoms with E-state index in [4.69, 9.17) is 15.7 Å². The molecule has 3 heterocycles. The van der Waals surface area contributed by atoms with Crippen LogP contribution >= 0.6 is 15.9 Å². The van der Waals surface area contributed by atoms with E-state index in [1.165, 1.54) is 0 Å². The first-order valence-corrected chi connectivity index (χ1v) is 12.9. The molecular formula is C25H35BrN8O. The number of anilines is 4. The largest absolute Gasteiger partial charge is 0.384 e. The second-order valence-corrected chi connectivity index (χ2v) is 10.1. The predicted octanol–water partition coefficient (Wildman–Crippen LogP) is 4.41. The summed E-state index contributed by atoms with van der Waals surface area (Å²) in [5.74, 6) is 2.73. The van der Waals surface area contributed by atoms with Gasteiger partial charge in [-0.15, -0.1) is 0 Å². The molecule has 1 aliphatic rings. The lowest BCUT2D eigenvalue weighted by Crippen LogP contribution is -2.35. The summed E-state index contributed by atoms with van der Waals surface area (Å²) in [7, 11) is 5.72. The van der Waals surface area contributed by atoms with Crippen molar-refractivity contribution in [2.24, 2.45) is 11.7 Å². The number of aryl methyl sites for hydroxylation is 2. The van der Waals surface area contributed by atoms with E-state index < -0.39 is 0 Å². The fourth-order valence-electron chi connectivity index (χ4n) is 5.23. The summed E-state index contributed by atoms with van der Waals surface area (Å²) in [6, 6.07) is 4.26. The molecule has 3 aromatic rings. The fourth-order valence-corrected chi connectivity index (χ4v) is 5.92. The van der Waals surface area contributed by atoms with Gasteiger partial charge in [0.05, 0.1) is 16.8 Å². The van der Waals surface area contributed by atoms with Gasteiger partial charge in [-0.1, -0.05) is 15.9 Å². The second-order valence-electron chi connectivity index (χ2n) is 9.20. The summed E-state index contributed by atoms with van der Waals surface area (Å²) in [4.78, 5) is 23.5. The first-order valence-electron chi connectivity index (χ1n) is 12.1. The molecule has 5 N–H and O–H groups in total. The van der Waals surface area contributed by atoms with Gasteiger partial charge in [-0.2, -0.15) is 9.97 Å². The number of piperidine rings is 1. The molecule has 0 atom stereocenters. The average molecular weight is 544 g/mol. The van der Waals surface area contributed by atoms with Crippen molar-refractivity contribution < 1.29 is 4.79 Å². The highest BCUT2D eigenvalue weighted by Crippen LogP contribution is 2.43. The Morgan fingerprint density at radius 2 is 1.74 bits per heavy atom. The Labute approximate surface area is 215 Å². The van der Waals surface area contributed by atoms with Crippen LogP contribution in [0.2, 0.25) is 0 Å². The molecule has 1 aromatic carbocycles. The molecule has 1 amide bonds. The number of nitrogens with zero attached hydrogens (tertiary/aromatic N) is 4. The van der Waals surface area contributed by atoms with Gasteiger partial charge in [0.2, 0.25) is 11.9 Å². The number of fused-ring (bicyclic) bond motifs is 1. The van der Waals surface area contributed by atoms with Crippen LogP contribution in [0, 0.1) is 19.8 Å². The maximum atomic E-state index is 11.2. The lowest BCUT2D eigenvalue weighted by atomic mass is 9.92. The highest BCUT2D eigenvalue weighted by molar-refractivity contribution is 9.10. The molecule has 0 unspecified atom stereocenters. The smallest absolute Gasteiger partial charge is 0.226 e. The molecule has 2 aromatic heterocycles. The van der Waals surface area contributed by atoms with Crippen LogP contribution in [0.25, 0.3) is 16.7 Å². The Balaban J connectivity index is 1.88. The van der Waals surface area contributed by atoms with E-state index in [0.29, 0.717) is 18.3 Å². The van der Waals surface area contributed by atoms with Crippen molar-refractivity contribution in [3.63, 3.8) is 0 Å². The van der Waals surface area contributed by atoms with Crippen LogP contribution in [0.4, 0.5) is 23.3 Å². The lowest BCUT2D eigenvalue weighted by molar-refractivity contribution is -0.118. The van der Waals surface area contributed by atoms with Gasteiger partial charge in [-0.05, 0) is 62.3 Å². The summed E-state index contributed by atoms with van der Waals surface area (Å²) in [5, 5.41) is 11.0. The van der Waals surface area contributed by atoms with Gasteiger partial charge < -0.3 is 26.6 Å². The van der Waals surface area contributed by atoms with Gasteiger partial charge in [0.25, 0.3) is 0 Å². The molecule has 1 fully saturated rings. The van der Waals surface area contributed by atoms with Crippen LogP contribution in [0.15, 0.2) is 16.6 Å². The molecule has 1 aliphatic heterocycles. The van der Waals surface area contributed by atoms with E-state index in [1.807, 2.05) is 21.1 Å².